The molecule has 0 aliphatic carbocycles. The summed E-state index contributed by atoms with van der Waals surface area (Å²) in [6.45, 7) is 1.26. The quantitative estimate of drug-likeness (QED) is 0.634. The maximum atomic E-state index is 13.1. The molecule has 0 atom stereocenters. The zero-order valence-electron chi connectivity index (χ0n) is 14.9. The normalized spacial score (nSPS) is 11.1. The van der Waals surface area contributed by atoms with Gasteiger partial charge in [0.1, 0.15) is 11.3 Å². The summed E-state index contributed by atoms with van der Waals surface area (Å²) in [5.74, 6) is 0.623. The summed E-state index contributed by atoms with van der Waals surface area (Å²) in [5, 5.41) is 1.24. The maximum absolute atomic E-state index is 13.1. The molecule has 0 saturated heterocycles. The van der Waals surface area contributed by atoms with Crippen LogP contribution in [0.15, 0.2) is 42.5 Å². The van der Waals surface area contributed by atoms with Crippen molar-refractivity contribution in [2.24, 2.45) is 0 Å². The van der Waals surface area contributed by atoms with Crippen LogP contribution < -0.4 is 9.64 Å². The Morgan fingerprint density at radius 2 is 1.88 bits per heavy atom. The summed E-state index contributed by atoms with van der Waals surface area (Å²) in [5.41, 5.74) is 1.32. The van der Waals surface area contributed by atoms with Gasteiger partial charge in [0.25, 0.3) is 5.91 Å². The average Bonchev–Trinajstić information content (AvgIpc) is 3.07. The Bertz CT molecular complexity index is 909. The third-order valence-corrected chi connectivity index (χ3v) is 5.29. The molecule has 3 aromatic rings. The summed E-state index contributed by atoms with van der Waals surface area (Å²) in [6, 6.07) is 12.8. The number of thiazole rings is 1. The van der Waals surface area contributed by atoms with E-state index < -0.39 is 0 Å². The summed E-state index contributed by atoms with van der Waals surface area (Å²) in [4.78, 5) is 21.5. The second-order valence-electron chi connectivity index (χ2n) is 6.07. The van der Waals surface area contributed by atoms with E-state index in [4.69, 9.17) is 16.3 Å². The second-order valence-corrected chi connectivity index (χ2v) is 7.49. The number of methoxy groups -OCH3 is 1. The van der Waals surface area contributed by atoms with Gasteiger partial charge in [-0.15, -0.1) is 0 Å². The Morgan fingerprint density at radius 3 is 2.50 bits per heavy atom. The Kier molecular flexibility index (Phi) is 5.76. The van der Waals surface area contributed by atoms with Gasteiger partial charge in [-0.3, -0.25) is 9.69 Å². The third kappa shape index (κ3) is 3.98. The van der Waals surface area contributed by atoms with Gasteiger partial charge in [-0.2, -0.15) is 0 Å². The number of rotatable bonds is 6. The Balaban J connectivity index is 1.97. The lowest BCUT2D eigenvalue weighted by Crippen LogP contribution is -2.36. The number of likely N-dealkylation sites (N-methyl/N-ethyl adjacent to an activating group) is 1. The van der Waals surface area contributed by atoms with Gasteiger partial charge in [0.05, 0.1) is 16.8 Å². The fourth-order valence-corrected chi connectivity index (χ4v) is 3.78. The van der Waals surface area contributed by atoms with Crippen LogP contribution in [0, 0.1) is 0 Å². The zero-order valence-corrected chi connectivity index (χ0v) is 16.5. The summed E-state index contributed by atoms with van der Waals surface area (Å²) in [6.07, 6.45) is 0. The molecule has 0 fully saturated rings. The molecule has 26 heavy (non-hydrogen) atoms. The lowest BCUT2D eigenvalue weighted by Gasteiger charge is -2.22. The van der Waals surface area contributed by atoms with E-state index in [0.717, 1.165) is 16.8 Å². The number of amides is 1. The topological polar surface area (TPSA) is 45.7 Å². The van der Waals surface area contributed by atoms with E-state index in [-0.39, 0.29) is 5.91 Å². The molecule has 0 unspecified atom stereocenters. The first-order valence-corrected chi connectivity index (χ1v) is 9.34. The molecule has 1 heterocycles. The van der Waals surface area contributed by atoms with E-state index in [0.29, 0.717) is 28.0 Å². The van der Waals surface area contributed by atoms with Crippen LogP contribution in [0.1, 0.15) is 10.4 Å². The third-order valence-electron chi connectivity index (χ3n) is 3.94. The Morgan fingerprint density at radius 1 is 1.15 bits per heavy atom. The van der Waals surface area contributed by atoms with Crippen LogP contribution in [0.2, 0.25) is 5.02 Å². The highest BCUT2D eigenvalue weighted by atomic mass is 35.5. The molecule has 7 heteroatoms. The number of halogens is 1. The SMILES string of the molecule is COc1ccc(C(=O)N(CCN(C)C)c2nc3c(Cl)cccc3s2)cc1. The molecule has 5 nitrogen and oxygen atoms in total. The smallest absolute Gasteiger partial charge is 0.260 e. The molecule has 1 amide bonds. The van der Waals surface area contributed by atoms with E-state index in [2.05, 4.69) is 4.98 Å². The number of hydrogen-bond acceptors (Lipinski definition) is 5. The molecule has 0 bridgehead atoms. The van der Waals surface area contributed by atoms with Crippen LogP contribution in [-0.2, 0) is 0 Å². The minimum Gasteiger partial charge on any atom is -0.497 e. The number of fused-ring (bicyclic) bond motifs is 1. The van der Waals surface area contributed by atoms with E-state index in [1.807, 2.05) is 37.2 Å². The van der Waals surface area contributed by atoms with Gasteiger partial charge in [0.2, 0.25) is 0 Å². The molecule has 0 aliphatic rings. The van der Waals surface area contributed by atoms with Crippen molar-refractivity contribution in [1.29, 1.82) is 0 Å². The van der Waals surface area contributed by atoms with Gasteiger partial charge in [0, 0.05) is 18.7 Å². The number of ether oxygens (including phenoxy) is 1. The molecular weight excluding hydrogens is 370 g/mol. The summed E-state index contributed by atoms with van der Waals surface area (Å²) in [7, 11) is 5.56. The monoisotopic (exact) mass is 389 g/mol. The molecule has 0 N–H and O–H groups in total. The average molecular weight is 390 g/mol. The van der Waals surface area contributed by atoms with Gasteiger partial charge in [-0.05, 0) is 50.5 Å². The van der Waals surface area contributed by atoms with E-state index in [1.54, 1.807) is 36.3 Å². The number of para-hydroxylation sites is 1. The molecule has 0 radical (unpaired) electrons. The lowest BCUT2D eigenvalue weighted by atomic mass is 10.2. The number of benzene rings is 2. The Labute approximate surface area is 161 Å². The van der Waals surface area contributed by atoms with Gasteiger partial charge in [-0.1, -0.05) is 29.0 Å². The van der Waals surface area contributed by atoms with Crippen molar-refractivity contribution in [3.05, 3.63) is 53.1 Å². The molecule has 1 aromatic heterocycles. The van der Waals surface area contributed by atoms with E-state index in [1.165, 1.54) is 11.3 Å². The highest BCUT2D eigenvalue weighted by molar-refractivity contribution is 7.22. The summed E-state index contributed by atoms with van der Waals surface area (Å²) >= 11 is 7.72. The number of carbonyl (C=O) groups is 1. The lowest BCUT2D eigenvalue weighted by molar-refractivity contribution is 0.0985. The minimum atomic E-state index is -0.0929. The van der Waals surface area contributed by atoms with Crippen LogP contribution in [0.4, 0.5) is 5.13 Å². The molecule has 0 spiro atoms. The Hall–Kier alpha value is -2.15. The van der Waals surface area contributed by atoms with Crippen LogP contribution >= 0.6 is 22.9 Å². The first-order valence-electron chi connectivity index (χ1n) is 8.15. The number of aromatic nitrogens is 1. The molecule has 0 aliphatic heterocycles. The first kappa shape index (κ1) is 18.6. The number of hydrogen-bond donors (Lipinski definition) is 0. The van der Waals surface area contributed by atoms with Crippen LogP contribution in [-0.4, -0.2) is 50.1 Å². The van der Waals surface area contributed by atoms with Crippen molar-refractivity contribution in [2.45, 2.75) is 0 Å². The second kappa shape index (κ2) is 8.03. The fraction of sp³-hybridized carbons (Fsp3) is 0.263. The molecule has 136 valence electrons. The van der Waals surface area contributed by atoms with E-state index in [9.17, 15) is 4.79 Å². The number of carbonyl (C=O) groups excluding carboxylic acids is 1. The van der Waals surface area contributed by atoms with Crippen molar-refractivity contribution in [3.8, 4) is 5.75 Å². The predicted molar refractivity (Wildman–Crippen MR) is 108 cm³/mol. The highest BCUT2D eigenvalue weighted by Gasteiger charge is 2.22. The molecule has 3 rings (SSSR count). The van der Waals surface area contributed by atoms with Gasteiger partial charge in [-0.25, -0.2) is 4.98 Å². The van der Waals surface area contributed by atoms with Crippen molar-refractivity contribution in [2.75, 3.05) is 39.2 Å². The number of anilines is 1. The minimum absolute atomic E-state index is 0.0929. The van der Waals surface area contributed by atoms with Crippen molar-refractivity contribution in [1.82, 2.24) is 9.88 Å². The van der Waals surface area contributed by atoms with Crippen LogP contribution in [0.25, 0.3) is 10.2 Å². The van der Waals surface area contributed by atoms with Crippen molar-refractivity contribution < 1.29 is 9.53 Å². The van der Waals surface area contributed by atoms with Gasteiger partial charge < -0.3 is 9.64 Å². The highest BCUT2D eigenvalue weighted by Crippen LogP contribution is 2.33. The standard InChI is InChI=1S/C19H20ClN3O2S/c1-22(2)11-12-23(18(24)13-7-9-14(25-3)10-8-13)19-21-17-15(20)5-4-6-16(17)26-19/h4-10H,11-12H2,1-3H3. The summed E-state index contributed by atoms with van der Waals surface area (Å²) < 4.78 is 6.13. The van der Waals surface area contributed by atoms with Crippen molar-refractivity contribution in [3.63, 3.8) is 0 Å². The molecule has 2 aromatic carbocycles. The van der Waals surface area contributed by atoms with Crippen LogP contribution in [0.3, 0.4) is 0 Å². The largest absolute Gasteiger partial charge is 0.497 e. The van der Waals surface area contributed by atoms with Gasteiger partial charge in [0.15, 0.2) is 5.13 Å². The zero-order chi connectivity index (χ0) is 18.7. The fourth-order valence-electron chi connectivity index (χ4n) is 2.49. The van der Waals surface area contributed by atoms with E-state index >= 15 is 0 Å². The first-order chi connectivity index (χ1) is 12.5. The van der Waals surface area contributed by atoms with Crippen molar-refractivity contribution >= 4 is 44.2 Å². The van der Waals surface area contributed by atoms with Gasteiger partial charge >= 0.3 is 0 Å². The molecular formula is C19H20ClN3O2S. The predicted octanol–water partition coefficient (Wildman–Crippen LogP) is 4.17. The van der Waals surface area contributed by atoms with Crippen LogP contribution in [0.5, 0.6) is 5.75 Å². The number of nitrogens with zero attached hydrogens (tertiary/aromatic N) is 3. The molecule has 0 saturated carbocycles. The maximum Gasteiger partial charge on any atom is 0.260 e.